The number of fused-ring (bicyclic) bond motifs is 1. The van der Waals surface area contributed by atoms with Crippen LogP contribution in [0.2, 0.25) is 0 Å². The van der Waals surface area contributed by atoms with E-state index in [9.17, 15) is 9.59 Å². The van der Waals surface area contributed by atoms with Gasteiger partial charge in [-0.25, -0.2) is 0 Å². The Morgan fingerprint density at radius 2 is 1.72 bits per heavy atom. The van der Waals surface area contributed by atoms with Gasteiger partial charge in [0, 0.05) is 18.7 Å². The van der Waals surface area contributed by atoms with Crippen LogP contribution in [-0.2, 0) is 11.2 Å². The van der Waals surface area contributed by atoms with E-state index >= 15 is 0 Å². The van der Waals surface area contributed by atoms with E-state index in [0.717, 1.165) is 0 Å². The number of hydrogen-bond donors (Lipinski definition) is 1. The first-order valence-electron chi connectivity index (χ1n) is 10.3. The predicted molar refractivity (Wildman–Crippen MR) is 123 cm³/mol. The highest BCUT2D eigenvalue weighted by Gasteiger charge is 2.24. The molecule has 0 saturated carbocycles. The summed E-state index contributed by atoms with van der Waals surface area (Å²) in [5.41, 5.74) is 2.12. The van der Waals surface area contributed by atoms with Crippen molar-refractivity contribution in [3.05, 3.63) is 71.8 Å². The molecule has 8 heteroatoms. The molecule has 0 radical (unpaired) electrons. The van der Waals surface area contributed by atoms with Gasteiger partial charge >= 0.3 is 0 Å². The maximum Gasteiger partial charge on any atom is 0.277 e. The quantitative estimate of drug-likeness (QED) is 0.281. The van der Waals surface area contributed by atoms with Crippen molar-refractivity contribution in [3.63, 3.8) is 0 Å². The van der Waals surface area contributed by atoms with Crippen molar-refractivity contribution in [3.8, 4) is 0 Å². The van der Waals surface area contributed by atoms with E-state index in [4.69, 9.17) is 8.83 Å². The number of rotatable bonds is 8. The Bertz CT molecular complexity index is 1250. The normalized spacial score (nSPS) is 13.1. The van der Waals surface area contributed by atoms with Crippen molar-refractivity contribution < 1.29 is 18.4 Å². The minimum Gasteiger partial charge on any atom is -0.451 e. The third-order valence-electron chi connectivity index (χ3n) is 5.11. The minimum absolute atomic E-state index is 0.131. The molecule has 0 aliphatic rings. The molecule has 0 bridgehead atoms. The van der Waals surface area contributed by atoms with E-state index in [0.29, 0.717) is 34.2 Å². The Kier molecular flexibility index (Phi) is 6.41. The van der Waals surface area contributed by atoms with Crippen LogP contribution in [-0.4, -0.2) is 27.1 Å². The monoisotopic (exact) mass is 449 g/mol. The van der Waals surface area contributed by atoms with Gasteiger partial charge in [-0.3, -0.25) is 9.59 Å². The van der Waals surface area contributed by atoms with Crippen LogP contribution < -0.4 is 5.32 Å². The van der Waals surface area contributed by atoms with Gasteiger partial charge in [0.15, 0.2) is 11.5 Å². The molecule has 2 aromatic heterocycles. The number of benzene rings is 2. The topological polar surface area (TPSA) is 98.2 Å². The molecular formula is C24H23N3O4S. The highest BCUT2D eigenvalue weighted by molar-refractivity contribution is 8.00. The molecule has 0 fully saturated rings. The summed E-state index contributed by atoms with van der Waals surface area (Å²) in [4.78, 5) is 24.8. The molecule has 0 aliphatic carbocycles. The maximum atomic E-state index is 12.8. The second-order valence-corrected chi connectivity index (χ2v) is 8.88. The number of aromatic nitrogens is 2. The first kappa shape index (κ1) is 21.8. The van der Waals surface area contributed by atoms with Gasteiger partial charge in [0.25, 0.3) is 5.22 Å². The van der Waals surface area contributed by atoms with Crippen LogP contribution in [0.25, 0.3) is 11.0 Å². The summed E-state index contributed by atoms with van der Waals surface area (Å²) >= 11 is 1.17. The van der Waals surface area contributed by atoms with E-state index < -0.39 is 5.25 Å². The highest BCUT2D eigenvalue weighted by atomic mass is 32.2. The molecule has 7 nitrogen and oxygen atoms in total. The lowest BCUT2D eigenvalue weighted by molar-refractivity contribution is -0.115. The van der Waals surface area contributed by atoms with E-state index in [-0.39, 0.29) is 23.4 Å². The number of para-hydroxylation sites is 1. The summed E-state index contributed by atoms with van der Waals surface area (Å²) < 4.78 is 11.4. The first-order chi connectivity index (χ1) is 15.4. The third-order valence-corrected chi connectivity index (χ3v) is 6.04. The molecule has 1 amide bonds. The average molecular weight is 450 g/mol. The number of ketones is 1. The molecule has 0 saturated heterocycles. The summed E-state index contributed by atoms with van der Waals surface area (Å²) in [6, 6.07) is 17.3. The zero-order valence-corrected chi connectivity index (χ0v) is 18.8. The molecule has 4 rings (SSSR count). The second kappa shape index (κ2) is 9.40. The molecule has 2 atom stereocenters. The second-order valence-electron chi connectivity index (χ2n) is 7.59. The van der Waals surface area contributed by atoms with Crippen LogP contribution in [0.1, 0.15) is 48.7 Å². The fraction of sp³-hybridized carbons (Fsp3) is 0.250. The van der Waals surface area contributed by atoms with Gasteiger partial charge in [-0.2, -0.15) is 0 Å². The number of anilines is 1. The van der Waals surface area contributed by atoms with Gasteiger partial charge in [-0.1, -0.05) is 61.2 Å². The van der Waals surface area contributed by atoms with Crippen molar-refractivity contribution in [2.45, 2.75) is 43.6 Å². The van der Waals surface area contributed by atoms with Crippen LogP contribution in [0.15, 0.2) is 68.7 Å². The standard InChI is InChI=1S/C24H23N3O4S/c1-14(17-9-5-4-6-10-17)13-20-26-27-24(31-20)32-16(3)23(29)25-21-18-11-7-8-12-19(18)30-22(21)15(2)28/h4-12,14,16H,13H2,1-3H3,(H,25,29). The van der Waals surface area contributed by atoms with Gasteiger partial charge in [0.2, 0.25) is 11.8 Å². The predicted octanol–water partition coefficient (Wildman–Crippen LogP) is 5.48. The molecule has 2 aromatic carbocycles. The fourth-order valence-corrected chi connectivity index (χ4v) is 4.08. The van der Waals surface area contributed by atoms with E-state index in [1.54, 1.807) is 19.1 Å². The first-order valence-corrected chi connectivity index (χ1v) is 11.2. The molecule has 4 aromatic rings. The Morgan fingerprint density at radius 1 is 1.00 bits per heavy atom. The van der Waals surface area contributed by atoms with Gasteiger partial charge in [0.1, 0.15) is 5.58 Å². The zero-order chi connectivity index (χ0) is 22.7. The number of nitrogens with one attached hydrogen (secondary N) is 1. The van der Waals surface area contributed by atoms with Crippen LogP contribution in [0.3, 0.4) is 0 Å². The Balaban J connectivity index is 1.42. The van der Waals surface area contributed by atoms with Gasteiger partial charge < -0.3 is 14.2 Å². The number of carbonyl (C=O) groups is 2. The van der Waals surface area contributed by atoms with Crippen molar-refractivity contribution in [2.75, 3.05) is 5.32 Å². The van der Waals surface area contributed by atoms with Gasteiger partial charge in [-0.05, 0) is 30.5 Å². The van der Waals surface area contributed by atoms with Gasteiger partial charge in [0.05, 0.1) is 10.9 Å². The van der Waals surface area contributed by atoms with Crippen LogP contribution in [0, 0.1) is 0 Å². The summed E-state index contributed by atoms with van der Waals surface area (Å²) in [5.74, 6) is 0.338. The highest BCUT2D eigenvalue weighted by Crippen LogP contribution is 2.32. The molecular weight excluding hydrogens is 426 g/mol. The van der Waals surface area contributed by atoms with E-state index in [1.165, 1.54) is 24.2 Å². The lowest BCUT2D eigenvalue weighted by Gasteiger charge is -2.10. The van der Waals surface area contributed by atoms with Crippen LogP contribution in [0.4, 0.5) is 5.69 Å². The number of Topliss-reactive ketones (excluding diaryl/α,β-unsaturated/α-hetero) is 1. The Labute approximate surface area is 189 Å². The van der Waals surface area contributed by atoms with Crippen molar-refractivity contribution >= 4 is 40.1 Å². The molecule has 0 spiro atoms. The summed E-state index contributed by atoms with van der Waals surface area (Å²) in [6.07, 6.45) is 0.612. The molecule has 2 heterocycles. The molecule has 1 N–H and O–H groups in total. The fourth-order valence-electron chi connectivity index (χ4n) is 3.38. The van der Waals surface area contributed by atoms with Crippen molar-refractivity contribution in [1.82, 2.24) is 10.2 Å². The number of carbonyl (C=O) groups excluding carboxylic acids is 2. The number of hydrogen-bond acceptors (Lipinski definition) is 7. The Hall–Kier alpha value is -3.39. The summed E-state index contributed by atoms with van der Waals surface area (Å²) in [5, 5.41) is 11.5. The number of furan rings is 1. The summed E-state index contributed by atoms with van der Waals surface area (Å²) in [6.45, 7) is 5.25. The number of amides is 1. The number of thioether (sulfide) groups is 1. The van der Waals surface area contributed by atoms with Crippen LogP contribution >= 0.6 is 11.8 Å². The maximum absolute atomic E-state index is 12.8. The average Bonchev–Trinajstić information content (AvgIpc) is 3.38. The molecule has 0 aliphatic heterocycles. The largest absolute Gasteiger partial charge is 0.451 e. The Morgan fingerprint density at radius 3 is 2.47 bits per heavy atom. The molecule has 2 unspecified atom stereocenters. The number of nitrogens with zero attached hydrogens (tertiary/aromatic N) is 2. The van der Waals surface area contributed by atoms with Crippen molar-refractivity contribution in [1.29, 1.82) is 0 Å². The molecule has 164 valence electrons. The SMILES string of the molecule is CC(=O)c1oc2ccccc2c1NC(=O)C(C)Sc1nnc(CC(C)c2ccccc2)o1. The summed E-state index contributed by atoms with van der Waals surface area (Å²) in [7, 11) is 0. The van der Waals surface area contributed by atoms with E-state index in [2.05, 4.69) is 34.6 Å². The third kappa shape index (κ3) is 4.75. The van der Waals surface area contributed by atoms with Crippen molar-refractivity contribution in [2.24, 2.45) is 0 Å². The van der Waals surface area contributed by atoms with E-state index in [1.807, 2.05) is 30.3 Å². The lowest BCUT2D eigenvalue weighted by atomic mass is 9.98. The zero-order valence-electron chi connectivity index (χ0n) is 18.0. The lowest BCUT2D eigenvalue weighted by Crippen LogP contribution is -2.23. The van der Waals surface area contributed by atoms with Gasteiger partial charge in [-0.15, -0.1) is 10.2 Å². The van der Waals surface area contributed by atoms with Crippen LogP contribution in [0.5, 0.6) is 0 Å². The minimum atomic E-state index is -0.525. The molecule has 32 heavy (non-hydrogen) atoms. The smallest absolute Gasteiger partial charge is 0.277 e.